The molecule has 0 aliphatic carbocycles. The van der Waals surface area contributed by atoms with E-state index >= 15 is 0 Å². The van der Waals surface area contributed by atoms with Crippen molar-refractivity contribution in [2.75, 3.05) is 37.7 Å². The van der Waals surface area contributed by atoms with Crippen molar-refractivity contribution in [1.29, 1.82) is 0 Å². The molecule has 2 aliphatic rings. The van der Waals surface area contributed by atoms with Crippen LogP contribution < -0.4 is 10.5 Å². The van der Waals surface area contributed by atoms with Gasteiger partial charge in [-0.1, -0.05) is 18.2 Å². The molecule has 0 amide bonds. The molecule has 0 spiro atoms. The minimum absolute atomic E-state index is 0.147. The first kappa shape index (κ1) is 22.5. The van der Waals surface area contributed by atoms with Gasteiger partial charge in [-0.05, 0) is 29.7 Å². The summed E-state index contributed by atoms with van der Waals surface area (Å²) in [6, 6.07) is 9.73. The standard InChI is InChI=1S/C21H27FN4O3S2/c22-20-4-2-1-3-19(20)17-12-18(15-29-21-11-16(13-23)5-6-24-21)26(14-17)31(27,28)25-7-9-30-10-8-25/h1-6,11,17-18H,7-10,12-15,23H2/t17-,18-/m1/s1. The molecule has 2 saturated heterocycles. The predicted octanol–water partition coefficient (Wildman–Crippen LogP) is 2.21. The van der Waals surface area contributed by atoms with E-state index in [1.807, 2.05) is 6.07 Å². The lowest BCUT2D eigenvalue weighted by Gasteiger charge is -2.32. The van der Waals surface area contributed by atoms with Crippen LogP contribution >= 0.6 is 11.8 Å². The van der Waals surface area contributed by atoms with E-state index in [2.05, 4.69) is 4.98 Å². The molecule has 168 valence electrons. The van der Waals surface area contributed by atoms with Gasteiger partial charge >= 0.3 is 0 Å². The Labute approximate surface area is 187 Å². The molecule has 2 aromatic rings. The van der Waals surface area contributed by atoms with Crippen molar-refractivity contribution in [3.63, 3.8) is 0 Å². The van der Waals surface area contributed by atoms with Gasteiger partial charge in [-0.15, -0.1) is 0 Å². The number of thioether (sulfide) groups is 1. The molecule has 31 heavy (non-hydrogen) atoms. The highest BCUT2D eigenvalue weighted by Gasteiger charge is 2.43. The first-order valence-corrected chi connectivity index (χ1v) is 12.9. The van der Waals surface area contributed by atoms with Gasteiger partial charge in [-0.2, -0.15) is 28.8 Å². The number of halogens is 1. The van der Waals surface area contributed by atoms with Crippen molar-refractivity contribution in [3.8, 4) is 5.88 Å². The summed E-state index contributed by atoms with van der Waals surface area (Å²) in [6.07, 6.45) is 2.10. The average Bonchev–Trinajstić information content (AvgIpc) is 3.23. The van der Waals surface area contributed by atoms with E-state index in [1.165, 1.54) is 14.7 Å². The highest BCUT2D eigenvalue weighted by atomic mass is 32.2. The van der Waals surface area contributed by atoms with Gasteiger partial charge in [-0.25, -0.2) is 9.37 Å². The molecule has 0 radical (unpaired) electrons. The van der Waals surface area contributed by atoms with Crippen LogP contribution in [0.2, 0.25) is 0 Å². The lowest BCUT2D eigenvalue weighted by molar-refractivity contribution is 0.218. The van der Waals surface area contributed by atoms with E-state index in [0.717, 1.165) is 17.1 Å². The Morgan fingerprint density at radius 1 is 1.23 bits per heavy atom. The highest BCUT2D eigenvalue weighted by Crippen LogP contribution is 2.36. The number of rotatable bonds is 7. The monoisotopic (exact) mass is 466 g/mol. The Morgan fingerprint density at radius 2 is 2.00 bits per heavy atom. The molecule has 2 aliphatic heterocycles. The van der Waals surface area contributed by atoms with E-state index in [9.17, 15) is 12.8 Å². The minimum Gasteiger partial charge on any atom is -0.476 e. The van der Waals surface area contributed by atoms with Crippen LogP contribution in [0.3, 0.4) is 0 Å². The number of nitrogens with zero attached hydrogens (tertiary/aromatic N) is 3. The molecule has 10 heteroatoms. The van der Waals surface area contributed by atoms with Gasteiger partial charge in [0.15, 0.2) is 0 Å². The maximum Gasteiger partial charge on any atom is 0.282 e. The largest absolute Gasteiger partial charge is 0.476 e. The molecule has 2 fully saturated rings. The normalized spacial score (nSPS) is 23.2. The molecule has 1 aromatic carbocycles. The van der Waals surface area contributed by atoms with E-state index in [4.69, 9.17) is 10.5 Å². The Balaban J connectivity index is 1.56. The van der Waals surface area contributed by atoms with Crippen molar-refractivity contribution >= 4 is 22.0 Å². The Bertz CT molecular complexity index is 1000. The van der Waals surface area contributed by atoms with Crippen LogP contribution in [-0.2, 0) is 16.8 Å². The summed E-state index contributed by atoms with van der Waals surface area (Å²) in [5.74, 6) is 1.43. The second kappa shape index (κ2) is 9.83. The number of aromatic nitrogens is 1. The fourth-order valence-electron chi connectivity index (χ4n) is 4.12. The van der Waals surface area contributed by atoms with Crippen LogP contribution in [0, 0.1) is 5.82 Å². The first-order valence-electron chi connectivity index (χ1n) is 10.4. The smallest absolute Gasteiger partial charge is 0.282 e. The maximum atomic E-state index is 14.4. The zero-order chi connectivity index (χ0) is 21.8. The van der Waals surface area contributed by atoms with Crippen LogP contribution in [0.25, 0.3) is 0 Å². The molecule has 1 aromatic heterocycles. The Hall–Kier alpha value is -1.72. The second-order valence-electron chi connectivity index (χ2n) is 7.71. The van der Waals surface area contributed by atoms with Gasteiger partial charge in [-0.3, -0.25) is 0 Å². The second-order valence-corrected chi connectivity index (χ2v) is 10.8. The SMILES string of the molecule is NCc1ccnc(OC[C@H]2C[C@@H](c3ccccc3F)CN2S(=O)(=O)N2CCSCC2)c1. The number of pyridine rings is 1. The Morgan fingerprint density at radius 3 is 2.74 bits per heavy atom. The van der Waals surface area contributed by atoms with Gasteiger partial charge in [0.05, 0.1) is 6.04 Å². The molecular formula is C21H27FN4O3S2. The van der Waals surface area contributed by atoms with Crippen molar-refractivity contribution < 1.29 is 17.5 Å². The van der Waals surface area contributed by atoms with E-state index < -0.39 is 16.3 Å². The molecule has 2 atom stereocenters. The van der Waals surface area contributed by atoms with Crippen LogP contribution in [0.15, 0.2) is 42.6 Å². The predicted molar refractivity (Wildman–Crippen MR) is 120 cm³/mol. The fourth-order valence-corrected chi connectivity index (χ4v) is 7.08. The van der Waals surface area contributed by atoms with Crippen LogP contribution in [0.4, 0.5) is 4.39 Å². The number of ether oxygens (including phenoxy) is 1. The first-order chi connectivity index (χ1) is 15.0. The summed E-state index contributed by atoms with van der Waals surface area (Å²) in [4.78, 5) is 4.20. The summed E-state index contributed by atoms with van der Waals surface area (Å²) in [7, 11) is -3.67. The summed E-state index contributed by atoms with van der Waals surface area (Å²) in [6.45, 7) is 1.72. The van der Waals surface area contributed by atoms with Crippen LogP contribution in [-0.4, -0.2) is 65.8 Å². The lowest BCUT2D eigenvalue weighted by Crippen LogP contribution is -2.50. The molecule has 3 heterocycles. The topological polar surface area (TPSA) is 88.8 Å². The van der Waals surface area contributed by atoms with Crippen molar-refractivity contribution in [2.24, 2.45) is 5.73 Å². The third-order valence-corrected chi connectivity index (χ3v) is 8.76. The van der Waals surface area contributed by atoms with Gasteiger partial charge in [0.1, 0.15) is 12.4 Å². The zero-order valence-corrected chi connectivity index (χ0v) is 18.8. The van der Waals surface area contributed by atoms with Gasteiger partial charge in [0.25, 0.3) is 10.2 Å². The molecule has 0 unspecified atom stereocenters. The fraction of sp³-hybridized carbons (Fsp3) is 0.476. The third-order valence-electron chi connectivity index (χ3n) is 5.76. The number of benzene rings is 1. The summed E-state index contributed by atoms with van der Waals surface area (Å²) >= 11 is 1.75. The van der Waals surface area contributed by atoms with E-state index in [-0.39, 0.29) is 24.9 Å². The number of nitrogens with two attached hydrogens (primary N) is 1. The highest BCUT2D eigenvalue weighted by molar-refractivity contribution is 7.99. The summed E-state index contributed by atoms with van der Waals surface area (Å²) in [5.41, 5.74) is 7.11. The molecule has 0 saturated carbocycles. The molecular weight excluding hydrogens is 439 g/mol. The third kappa shape index (κ3) is 5.04. The molecule has 2 N–H and O–H groups in total. The quantitative estimate of drug-likeness (QED) is 0.673. The average molecular weight is 467 g/mol. The molecule has 4 rings (SSSR count). The summed E-state index contributed by atoms with van der Waals surface area (Å²) in [5, 5.41) is 0. The Kier molecular flexibility index (Phi) is 7.12. The van der Waals surface area contributed by atoms with Gasteiger partial charge < -0.3 is 10.5 Å². The zero-order valence-electron chi connectivity index (χ0n) is 17.2. The molecule has 0 bridgehead atoms. The summed E-state index contributed by atoms with van der Waals surface area (Å²) < 4.78 is 50.2. The van der Waals surface area contributed by atoms with E-state index in [0.29, 0.717) is 37.5 Å². The van der Waals surface area contributed by atoms with Crippen molar-refractivity contribution in [1.82, 2.24) is 13.6 Å². The van der Waals surface area contributed by atoms with Crippen molar-refractivity contribution in [2.45, 2.75) is 24.9 Å². The van der Waals surface area contributed by atoms with E-state index in [1.54, 1.807) is 42.2 Å². The maximum absolute atomic E-state index is 14.4. The van der Waals surface area contributed by atoms with Crippen molar-refractivity contribution in [3.05, 3.63) is 59.5 Å². The minimum atomic E-state index is -3.67. The van der Waals surface area contributed by atoms with Crippen LogP contribution in [0.1, 0.15) is 23.5 Å². The number of hydrogen-bond donors (Lipinski definition) is 1. The van der Waals surface area contributed by atoms with Crippen LogP contribution in [0.5, 0.6) is 5.88 Å². The molecule has 7 nitrogen and oxygen atoms in total. The van der Waals surface area contributed by atoms with Gasteiger partial charge in [0.2, 0.25) is 5.88 Å². The lowest BCUT2D eigenvalue weighted by atomic mass is 9.96. The van der Waals surface area contributed by atoms with Gasteiger partial charge in [0, 0.05) is 55.9 Å². The number of hydrogen-bond acceptors (Lipinski definition) is 6.